The molecule has 0 spiro atoms. The number of hydrogen-bond acceptors (Lipinski definition) is 4. The number of hydrogen-bond donors (Lipinski definition) is 2. The van der Waals surface area contributed by atoms with Crippen molar-refractivity contribution >= 4 is 10.1 Å². The average Bonchev–Trinajstić information content (AvgIpc) is 2.27. The fourth-order valence-electron chi connectivity index (χ4n) is 2.21. The van der Waals surface area contributed by atoms with Crippen molar-refractivity contribution in [3.05, 3.63) is 29.3 Å². The van der Waals surface area contributed by atoms with Gasteiger partial charge in [0.15, 0.2) is 0 Å². The van der Waals surface area contributed by atoms with Crippen LogP contribution in [0.5, 0.6) is 5.75 Å². The lowest BCUT2D eigenvalue weighted by Crippen LogP contribution is -2.38. The van der Waals surface area contributed by atoms with Crippen molar-refractivity contribution in [2.24, 2.45) is 0 Å². The van der Waals surface area contributed by atoms with Crippen LogP contribution >= 0.6 is 0 Å². The van der Waals surface area contributed by atoms with Gasteiger partial charge in [0.25, 0.3) is 10.1 Å². The molecule has 1 unspecified atom stereocenters. The second-order valence-electron chi connectivity index (χ2n) is 4.14. The Balaban J connectivity index is 2.60. The van der Waals surface area contributed by atoms with Crippen LogP contribution < -0.4 is 4.74 Å². The molecule has 1 atom stereocenters. The number of fused-ring (bicyclic) bond motifs is 1. The van der Waals surface area contributed by atoms with Gasteiger partial charge >= 0.3 is 0 Å². The molecule has 0 saturated carbocycles. The van der Waals surface area contributed by atoms with E-state index in [1.54, 1.807) is 12.1 Å². The van der Waals surface area contributed by atoms with Gasteiger partial charge in [-0.2, -0.15) is 8.42 Å². The minimum Gasteiger partial charge on any atom is -0.497 e. The minimum absolute atomic E-state index is 0.00512. The Labute approximate surface area is 99.8 Å². The van der Waals surface area contributed by atoms with Crippen molar-refractivity contribution in [3.63, 3.8) is 0 Å². The van der Waals surface area contributed by atoms with Crippen LogP contribution in [0.3, 0.4) is 0 Å². The topological polar surface area (TPSA) is 83.8 Å². The van der Waals surface area contributed by atoms with E-state index in [4.69, 9.17) is 9.29 Å². The van der Waals surface area contributed by atoms with E-state index in [-0.39, 0.29) is 12.0 Å². The van der Waals surface area contributed by atoms with Gasteiger partial charge in [0.05, 0.1) is 7.11 Å². The molecule has 0 fully saturated rings. The van der Waals surface area contributed by atoms with E-state index in [1.807, 2.05) is 0 Å². The lowest BCUT2D eigenvalue weighted by atomic mass is 9.89. The molecule has 6 heteroatoms. The summed E-state index contributed by atoms with van der Waals surface area (Å²) < 4.78 is 36.8. The molecule has 1 aromatic carbocycles. The van der Waals surface area contributed by atoms with Gasteiger partial charge in [-0.1, -0.05) is 6.07 Å². The first kappa shape index (κ1) is 12.3. The summed E-state index contributed by atoms with van der Waals surface area (Å²) in [5.74, 6) is 0.600. The maximum absolute atomic E-state index is 11.3. The zero-order valence-electron chi connectivity index (χ0n) is 9.38. The predicted molar refractivity (Wildman–Crippen MR) is 61.4 cm³/mol. The van der Waals surface area contributed by atoms with E-state index in [0.29, 0.717) is 24.2 Å². The molecule has 0 radical (unpaired) electrons. The molecule has 0 amide bonds. The molecule has 2 rings (SSSR count). The molecule has 0 saturated heterocycles. The van der Waals surface area contributed by atoms with Crippen LogP contribution in [0.25, 0.3) is 0 Å². The maximum atomic E-state index is 11.3. The number of benzene rings is 1. The van der Waals surface area contributed by atoms with Gasteiger partial charge in [-0.25, -0.2) is 0 Å². The van der Waals surface area contributed by atoms with Crippen molar-refractivity contribution in [2.75, 3.05) is 7.11 Å². The van der Waals surface area contributed by atoms with Gasteiger partial charge in [-0.05, 0) is 37.0 Å². The smallest absolute Gasteiger partial charge is 0.299 e. The lowest BCUT2D eigenvalue weighted by molar-refractivity contribution is 0.0930. The summed E-state index contributed by atoms with van der Waals surface area (Å²) in [5.41, 5.74) is 0.933. The van der Waals surface area contributed by atoms with Crippen molar-refractivity contribution in [3.8, 4) is 5.75 Å². The molecule has 0 bridgehead atoms. The molecule has 2 N–H and O–H groups in total. The van der Waals surface area contributed by atoms with Crippen LogP contribution in [0, 0.1) is 0 Å². The molecular weight excluding hydrogens is 244 g/mol. The average molecular weight is 258 g/mol. The fourth-order valence-corrected chi connectivity index (χ4v) is 3.09. The SMILES string of the molecule is COc1ccc2c(c1)CCCC2(O)S(=O)(=O)O. The van der Waals surface area contributed by atoms with E-state index >= 15 is 0 Å². The standard InChI is InChI=1S/C11H14O5S/c1-16-9-4-5-10-8(7-9)3-2-6-11(10,12)17(13,14)15/h4-5,7,12H,2-3,6H2,1H3,(H,13,14,15). The number of ether oxygens (including phenoxy) is 1. The van der Waals surface area contributed by atoms with Crippen LogP contribution in [-0.2, 0) is 21.5 Å². The summed E-state index contributed by atoms with van der Waals surface area (Å²) in [6.07, 6.45) is 1.16. The predicted octanol–water partition coefficient (Wildman–Crippen LogP) is 1.06. The first-order valence-electron chi connectivity index (χ1n) is 5.25. The molecule has 17 heavy (non-hydrogen) atoms. The highest BCUT2D eigenvalue weighted by molar-refractivity contribution is 7.86. The second-order valence-corrected chi connectivity index (χ2v) is 5.76. The number of rotatable bonds is 2. The lowest BCUT2D eigenvalue weighted by Gasteiger charge is -2.31. The number of aliphatic hydroxyl groups is 1. The largest absolute Gasteiger partial charge is 0.497 e. The molecule has 1 aliphatic carbocycles. The Bertz CT molecular complexity index is 537. The Morgan fingerprint density at radius 3 is 2.71 bits per heavy atom. The molecule has 1 aliphatic rings. The normalized spacial score (nSPS) is 24.2. The van der Waals surface area contributed by atoms with Gasteiger partial charge in [-0.15, -0.1) is 0 Å². The van der Waals surface area contributed by atoms with Crippen LogP contribution in [0.15, 0.2) is 18.2 Å². The molecule has 0 aromatic heterocycles. The third-order valence-corrected chi connectivity index (χ3v) is 4.40. The number of methoxy groups -OCH3 is 1. The highest BCUT2D eigenvalue weighted by atomic mass is 32.2. The molecule has 1 aromatic rings. The first-order chi connectivity index (χ1) is 7.88. The van der Waals surface area contributed by atoms with Gasteiger partial charge in [0.1, 0.15) is 5.75 Å². The van der Waals surface area contributed by atoms with Crippen molar-refractivity contribution in [2.45, 2.75) is 24.2 Å². The van der Waals surface area contributed by atoms with Crippen LogP contribution in [0.1, 0.15) is 24.0 Å². The molecule has 5 nitrogen and oxygen atoms in total. The van der Waals surface area contributed by atoms with E-state index in [9.17, 15) is 13.5 Å². The van der Waals surface area contributed by atoms with E-state index in [1.165, 1.54) is 13.2 Å². The van der Waals surface area contributed by atoms with Gasteiger partial charge < -0.3 is 9.84 Å². The molecule has 0 heterocycles. The van der Waals surface area contributed by atoms with Crippen LogP contribution in [-0.4, -0.2) is 25.2 Å². The van der Waals surface area contributed by atoms with Crippen LogP contribution in [0.2, 0.25) is 0 Å². The third kappa shape index (κ3) is 1.92. The highest BCUT2D eigenvalue weighted by Gasteiger charge is 2.45. The van der Waals surface area contributed by atoms with Crippen molar-refractivity contribution < 1.29 is 22.8 Å². The van der Waals surface area contributed by atoms with Gasteiger partial charge in [-0.3, -0.25) is 4.55 Å². The highest BCUT2D eigenvalue weighted by Crippen LogP contribution is 2.40. The van der Waals surface area contributed by atoms with E-state index < -0.39 is 15.1 Å². The summed E-state index contributed by atoms with van der Waals surface area (Å²) >= 11 is 0. The summed E-state index contributed by atoms with van der Waals surface area (Å²) in [6.45, 7) is 0. The quantitative estimate of drug-likeness (QED) is 0.775. The van der Waals surface area contributed by atoms with Crippen molar-refractivity contribution in [1.29, 1.82) is 0 Å². The second kappa shape index (κ2) is 3.97. The monoisotopic (exact) mass is 258 g/mol. The zero-order chi connectivity index (χ0) is 12.7. The summed E-state index contributed by atoms with van der Waals surface area (Å²) in [7, 11) is -3.03. The number of aryl methyl sites for hydroxylation is 1. The Kier molecular flexibility index (Phi) is 2.89. The summed E-state index contributed by atoms with van der Waals surface area (Å²) in [6, 6.07) is 4.74. The molecular formula is C11H14O5S. The minimum atomic E-state index is -4.54. The van der Waals surface area contributed by atoms with E-state index in [0.717, 1.165) is 0 Å². The van der Waals surface area contributed by atoms with Crippen LogP contribution in [0.4, 0.5) is 0 Å². The third-order valence-electron chi connectivity index (χ3n) is 3.12. The zero-order valence-corrected chi connectivity index (χ0v) is 10.2. The first-order valence-corrected chi connectivity index (χ1v) is 6.69. The summed E-state index contributed by atoms with van der Waals surface area (Å²) in [5, 5.41) is 10.1. The molecule has 0 aliphatic heterocycles. The molecule has 94 valence electrons. The Morgan fingerprint density at radius 1 is 1.41 bits per heavy atom. The van der Waals surface area contributed by atoms with Gasteiger partial charge in [0, 0.05) is 5.56 Å². The maximum Gasteiger partial charge on any atom is 0.299 e. The van der Waals surface area contributed by atoms with E-state index in [2.05, 4.69) is 0 Å². The summed E-state index contributed by atoms with van der Waals surface area (Å²) in [4.78, 5) is -2.19. The van der Waals surface area contributed by atoms with Crippen molar-refractivity contribution in [1.82, 2.24) is 0 Å². The Morgan fingerprint density at radius 2 is 2.12 bits per heavy atom. The van der Waals surface area contributed by atoms with Gasteiger partial charge in [0.2, 0.25) is 4.93 Å². The fraction of sp³-hybridized carbons (Fsp3) is 0.455. The Hall–Kier alpha value is -1.11.